The third kappa shape index (κ3) is 3.38. The second-order valence-electron chi connectivity index (χ2n) is 4.52. The van der Waals surface area contributed by atoms with Gasteiger partial charge in [-0.05, 0) is 32.4 Å². The van der Waals surface area contributed by atoms with Gasteiger partial charge in [0.1, 0.15) is 11.5 Å². The number of ether oxygens (including phenoxy) is 2. The summed E-state index contributed by atoms with van der Waals surface area (Å²) in [6.45, 7) is 4.94. The topological polar surface area (TPSA) is 73.6 Å². The molecule has 1 fully saturated rings. The first-order valence-corrected chi connectivity index (χ1v) is 6.61. The van der Waals surface area contributed by atoms with Crippen LogP contribution in [0.3, 0.4) is 0 Å². The van der Waals surface area contributed by atoms with Crippen molar-refractivity contribution >= 4 is 11.6 Å². The lowest BCUT2D eigenvalue weighted by Crippen LogP contribution is -2.19. The van der Waals surface area contributed by atoms with Gasteiger partial charge in [-0.3, -0.25) is 4.79 Å². The molecule has 1 amide bonds. The lowest BCUT2D eigenvalue weighted by molar-refractivity contribution is -0.117. The first-order chi connectivity index (χ1) is 9.15. The Labute approximate surface area is 113 Å². The third-order valence-electron chi connectivity index (χ3n) is 3.00. The zero-order valence-electron chi connectivity index (χ0n) is 11.3. The molecule has 1 saturated carbocycles. The summed E-state index contributed by atoms with van der Waals surface area (Å²) in [6.07, 6.45) is 0.751. The first kappa shape index (κ1) is 13.7. The number of carbonyl (C=O) groups excluding carboxylic acids is 1. The summed E-state index contributed by atoms with van der Waals surface area (Å²) >= 11 is 0. The molecule has 19 heavy (non-hydrogen) atoms. The van der Waals surface area contributed by atoms with Crippen LogP contribution in [0.2, 0.25) is 0 Å². The molecule has 1 aliphatic rings. The lowest BCUT2D eigenvalue weighted by atomic mass is 10.2. The van der Waals surface area contributed by atoms with Crippen LogP contribution in [0.4, 0.5) is 5.69 Å². The van der Waals surface area contributed by atoms with E-state index in [0.29, 0.717) is 30.4 Å². The van der Waals surface area contributed by atoms with E-state index in [2.05, 4.69) is 5.32 Å². The van der Waals surface area contributed by atoms with Crippen molar-refractivity contribution in [3.8, 4) is 11.5 Å². The molecular formula is C14H20N2O3. The predicted octanol–water partition coefficient (Wildman–Crippen LogP) is 1.77. The van der Waals surface area contributed by atoms with Gasteiger partial charge in [0.25, 0.3) is 0 Å². The standard InChI is InChI=1S/C14H20N2O3/c1-3-18-9-5-6-13(19-4-2)12(7-9)16-14(17)10-8-11(10)15/h5-7,10-11H,3-4,8,15H2,1-2H3,(H,16,17). The number of hydrogen-bond donors (Lipinski definition) is 2. The fraction of sp³-hybridized carbons (Fsp3) is 0.500. The third-order valence-corrected chi connectivity index (χ3v) is 3.00. The van der Waals surface area contributed by atoms with Crippen molar-refractivity contribution < 1.29 is 14.3 Å². The van der Waals surface area contributed by atoms with Crippen molar-refractivity contribution in [3.63, 3.8) is 0 Å². The molecule has 3 N–H and O–H groups in total. The van der Waals surface area contributed by atoms with E-state index in [-0.39, 0.29) is 17.9 Å². The molecule has 5 heteroatoms. The number of nitrogens with one attached hydrogen (secondary N) is 1. The van der Waals surface area contributed by atoms with Crippen molar-refractivity contribution in [1.29, 1.82) is 0 Å². The molecule has 2 rings (SSSR count). The monoisotopic (exact) mass is 264 g/mol. The molecule has 1 aliphatic carbocycles. The molecule has 1 aromatic carbocycles. The van der Waals surface area contributed by atoms with Gasteiger partial charge in [0, 0.05) is 12.1 Å². The highest BCUT2D eigenvalue weighted by Gasteiger charge is 2.40. The molecule has 0 aromatic heterocycles. The molecule has 0 bridgehead atoms. The average Bonchev–Trinajstić information content (AvgIpc) is 3.10. The highest BCUT2D eigenvalue weighted by Crippen LogP contribution is 2.33. The summed E-state index contributed by atoms with van der Waals surface area (Å²) in [5.41, 5.74) is 6.31. The Morgan fingerprint density at radius 3 is 2.63 bits per heavy atom. The number of benzene rings is 1. The molecule has 0 radical (unpaired) electrons. The number of nitrogens with two attached hydrogens (primary N) is 1. The molecule has 5 nitrogen and oxygen atoms in total. The van der Waals surface area contributed by atoms with E-state index in [1.54, 1.807) is 12.1 Å². The first-order valence-electron chi connectivity index (χ1n) is 6.61. The van der Waals surface area contributed by atoms with E-state index in [9.17, 15) is 4.79 Å². The summed E-state index contributed by atoms with van der Waals surface area (Å²) in [7, 11) is 0. The van der Waals surface area contributed by atoms with Gasteiger partial charge in [0.15, 0.2) is 0 Å². The average molecular weight is 264 g/mol. The normalized spacial score (nSPS) is 20.8. The minimum absolute atomic E-state index is 0.00869. The molecule has 0 aliphatic heterocycles. The Kier molecular flexibility index (Phi) is 4.27. The van der Waals surface area contributed by atoms with Crippen LogP contribution in [-0.2, 0) is 4.79 Å². The maximum absolute atomic E-state index is 11.9. The number of carbonyl (C=O) groups is 1. The van der Waals surface area contributed by atoms with Crippen molar-refractivity contribution in [3.05, 3.63) is 18.2 Å². The van der Waals surface area contributed by atoms with Crippen LogP contribution in [0.5, 0.6) is 11.5 Å². The van der Waals surface area contributed by atoms with E-state index in [0.717, 1.165) is 6.42 Å². The molecule has 0 spiro atoms. The number of rotatable bonds is 6. The Hall–Kier alpha value is -1.75. The smallest absolute Gasteiger partial charge is 0.229 e. The Bertz CT molecular complexity index is 462. The Balaban J connectivity index is 2.14. The van der Waals surface area contributed by atoms with E-state index < -0.39 is 0 Å². The van der Waals surface area contributed by atoms with Gasteiger partial charge in [-0.25, -0.2) is 0 Å². The zero-order chi connectivity index (χ0) is 13.8. The summed E-state index contributed by atoms with van der Waals surface area (Å²) in [4.78, 5) is 11.9. The van der Waals surface area contributed by atoms with Gasteiger partial charge in [0.2, 0.25) is 5.91 Å². The van der Waals surface area contributed by atoms with Crippen LogP contribution < -0.4 is 20.5 Å². The Morgan fingerprint density at radius 1 is 1.37 bits per heavy atom. The van der Waals surface area contributed by atoms with E-state index >= 15 is 0 Å². The molecule has 0 heterocycles. The van der Waals surface area contributed by atoms with Crippen LogP contribution in [0.15, 0.2) is 18.2 Å². The fourth-order valence-electron chi connectivity index (χ4n) is 1.89. The van der Waals surface area contributed by atoms with Gasteiger partial charge < -0.3 is 20.5 Å². The van der Waals surface area contributed by atoms with Gasteiger partial charge in [-0.1, -0.05) is 0 Å². The lowest BCUT2D eigenvalue weighted by Gasteiger charge is -2.13. The van der Waals surface area contributed by atoms with Crippen molar-refractivity contribution in [1.82, 2.24) is 0 Å². The Morgan fingerprint density at radius 2 is 2.05 bits per heavy atom. The summed E-state index contributed by atoms with van der Waals surface area (Å²) in [5.74, 6) is 1.22. The number of anilines is 1. The fourth-order valence-corrected chi connectivity index (χ4v) is 1.89. The number of amides is 1. The van der Waals surface area contributed by atoms with Gasteiger partial charge >= 0.3 is 0 Å². The van der Waals surface area contributed by atoms with Crippen LogP contribution in [-0.4, -0.2) is 25.2 Å². The highest BCUT2D eigenvalue weighted by atomic mass is 16.5. The zero-order valence-corrected chi connectivity index (χ0v) is 11.3. The van der Waals surface area contributed by atoms with Crippen LogP contribution in [0, 0.1) is 5.92 Å². The molecule has 2 atom stereocenters. The summed E-state index contributed by atoms with van der Waals surface area (Å²) in [6, 6.07) is 5.40. The van der Waals surface area contributed by atoms with E-state index in [4.69, 9.17) is 15.2 Å². The van der Waals surface area contributed by atoms with Crippen molar-refractivity contribution in [2.24, 2.45) is 11.7 Å². The quantitative estimate of drug-likeness (QED) is 0.821. The van der Waals surface area contributed by atoms with E-state index in [1.807, 2.05) is 19.9 Å². The van der Waals surface area contributed by atoms with Crippen molar-refractivity contribution in [2.45, 2.75) is 26.3 Å². The maximum Gasteiger partial charge on any atom is 0.229 e. The second-order valence-corrected chi connectivity index (χ2v) is 4.52. The van der Waals surface area contributed by atoms with Crippen molar-refractivity contribution in [2.75, 3.05) is 18.5 Å². The maximum atomic E-state index is 11.9. The predicted molar refractivity (Wildman–Crippen MR) is 73.5 cm³/mol. The number of hydrogen-bond acceptors (Lipinski definition) is 4. The second kappa shape index (κ2) is 5.93. The highest BCUT2D eigenvalue weighted by molar-refractivity contribution is 5.96. The molecule has 104 valence electrons. The van der Waals surface area contributed by atoms with Gasteiger partial charge in [-0.15, -0.1) is 0 Å². The summed E-state index contributed by atoms with van der Waals surface area (Å²) in [5, 5.41) is 2.86. The van der Waals surface area contributed by atoms with Crippen LogP contribution in [0.25, 0.3) is 0 Å². The minimum atomic E-state index is -0.0785. The van der Waals surface area contributed by atoms with Gasteiger partial charge in [-0.2, -0.15) is 0 Å². The molecule has 1 aromatic rings. The summed E-state index contributed by atoms with van der Waals surface area (Å²) < 4.78 is 10.9. The SMILES string of the molecule is CCOc1ccc(OCC)c(NC(=O)C2CC2N)c1. The van der Waals surface area contributed by atoms with Gasteiger partial charge in [0.05, 0.1) is 24.8 Å². The largest absolute Gasteiger partial charge is 0.494 e. The van der Waals surface area contributed by atoms with Crippen LogP contribution >= 0.6 is 0 Å². The molecule has 0 saturated heterocycles. The van der Waals surface area contributed by atoms with Crippen LogP contribution in [0.1, 0.15) is 20.3 Å². The molecule has 2 unspecified atom stereocenters. The van der Waals surface area contributed by atoms with E-state index in [1.165, 1.54) is 0 Å². The molecular weight excluding hydrogens is 244 g/mol. The minimum Gasteiger partial charge on any atom is -0.494 e.